The maximum Gasteiger partial charge on any atom is 0.251 e. The lowest BCUT2D eigenvalue weighted by molar-refractivity contribution is 0.0316. The monoisotopic (exact) mass is 459 g/mol. The smallest absolute Gasteiger partial charge is 0.251 e. The number of fused-ring (bicyclic) bond motifs is 1. The summed E-state index contributed by atoms with van der Waals surface area (Å²) in [7, 11) is 0. The van der Waals surface area contributed by atoms with Crippen molar-refractivity contribution in [1.29, 1.82) is 0 Å². The van der Waals surface area contributed by atoms with Gasteiger partial charge in [-0.3, -0.25) is 9.69 Å². The number of aryl methyl sites for hydroxylation is 1. The van der Waals surface area contributed by atoms with Gasteiger partial charge < -0.3 is 15.4 Å². The van der Waals surface area contributed by atoms with Crippen molar-refractivity contribution in [3.63, 3.8) is 0 Å². The van der Waals surface area contributed by atoms with Gasteiger partial charge >= 0.3 is 0 Å². The number of morpholine rings is 1. The van der Waals surface area contributed by atoms with Crippen LogP contribution < -0.4 is 10.6 Å². The molecule has 34 heavy (non-hydrogen) atoms. The van der Waals surface area contributed by atoms with E-state index in [-0.39, 0.29) is 11.4 Å². The maximum absolute atomic E-state index is 12.5. The first kappa shape index (κ1) is 22.7. The zero-order chi connectivity index (χ0) is 23.7. The molecule has 2 aromatic carbocycles. The van der Waals surface area contributed by atoms with Crippen molar-refractivity contribution >= 4 is 22.8 Å². The van der Waals surface area contributed by atoms with Gasteiger partial charge in [-0.05, 0) is 74.6 Å². The van der Waals surface area contributed by atoms with E-state index in [1.165, 1.54) is 0 Å². The van der Waals surface area contributed by atoms with E-state index in [1.54, 1.807) is 0 Å². The predicted molar refractivity (Wildman–Crippen MR) is 135 cm³/mol. The largest absolute Gasteiger partial charge is 0.379 e. The first-order valence-electron chi connectivity index (χ1n) is 12.1. The van der Waals surface area contributed by atoms with Crippen LogP contribution in [0.4, 0.5) is 5.95 Å². The van der Waals surface area contributed by atoms with Crippen LogP contribution in [0.1, 0.15) is 42.6 Å². The Kier molecular flexibility index (Phi) is 6.23. The van der Waals surface area contributed by atoms with Crippen LogP contribution in [-0.4, -0.2) is 65.2 Å². The van der Waals surface area contributed by atoms with Gasteiger partial charge in [-0.15, -0.1) is 0 Å². The first-order chi connectivity index (χ1) is 16.4. The fourth-order valence-electron chi connectivity index (χ4n) is 4.49. The average molecular weight is 460 g/mol. The van der Waals surface area contributed by atoms with E-state index in [2.05, 4.69) is 53.4 Å². The van der Waals surface area contributed by atoms with Crippen molar-refractivity contribution in [1.82, 2.24) is 20.2 Å². The summed E-state index contributed by atoms with van der Waals surface area (Å²) in [5.74, 6) is 0.636. The number of carbonyl (C=O) groups is 1. The number of hydrogen-bond donors (Lipinski definition) is 2. The van der Waals surface area contributed by atoms with Crippen LogP contribution in [0.25, 0.3) is 22.0 Å². The minimum absolute atomic E-state index is 0.00304. The highest BCUT2D eigenvalue weighted by Gasteiger charge is 2.25. The molecule has 2 heterocycles. The standard InChI is InChI=1S/C27H33N5O2/c1-18-4-5-20(25(33)29-22-7-8-22)15-23(18)19-6-9-24-21(14-19)16-28-26(30-24)31-27(2,3)17-32-10-12-34-13-11-32/h4-6,9,14-16,22H,7-8,10-13,17H2,1-3H3,(H,29,33)(H,28,30,31). The van der Waals surface area contributed by atoms with Crippen LogP contribution in [0.3, 0.4) is 0 Å². The first-order valence-corrected chi connectivity index (χ1v) is 12.1. The van der Waals surface area contributed by atoms with E-state index in [0.29, 0.717) is 17.6 Å². The SMILES string of the molecule is Cc1ccc(C(=O)NC2CC2)cc1-c1ccc2nc(NC(C)(C)CN3CCOCC3)ncc2c1. The number of rotatable bonds is 7. The number of hydrogen-bond acceptors (Lipinski definition) is 6. The van der Waals surface area contributed by atoms with Crippen molar-refractivity contribution in [2.75, 3.05) is 38.2 Å². The van der Waals surface area contributed by atoms with Gasteiger partial charge in [-0.2, -0.15) is 0 Å². The molecule has 2 N–H and O–H groups in total. The second-order valence-electron chi connectivity index (χ2n) is 10.1. The molecule has 0 bridgehead atoms. The van der Waals surface area contributed by atoms with Crippen LogP contribution >= 0.6 is 0 Å². The van der Waals surface area contributed by atoms with Gasteiger partial charge in [0.25, 0.3) is 5.91 Å². The van der Waals surface area contributed by atoms with Crippen LogP contribution in [0.15, 0.2) is 42.6 Å². The van der Waals surface area contributed by atoms with E-state index in [0.717, 1.165) is 73.3 Å². The summed E-state index contributed by atoms with van der Waals surface area (Å²) in [6.07, 6.45) is 4.03. The van der Waals surface area contributed by atoms with Crippen LogP contribution in [-0.2, 0) is 4.74 Å². The summed E-state index contributed by atoms with van der Waals surface area (Å²) < 4.78 is 5.46. The number of aromatic nitrogens is 2. The number of anilines is 1. The Morgan fingerprint density at radius 3 is 2.71 bits per heavy atom. The highest BCUT2D eigenvalue weighted by molar-refractivity contribution is 5.96. The molecule has 7 nitrogen and oxygen atoms in total. The average Bonchev–Trinajstić information content (AvgIpc) is 3.63. The summed E-state index contributed by atoms with van der Waals surface area (Å²) in [5.41, 5.74) is 4.67. The third kappa shape index (κ3) is 5.37. The number of ether oxygens (including phenoxy) is 1. The van der Waals surface area contributed by atoms with Crippen LogP contribution in [0.2, 0.25) is 0 Å². The fourth-order valence-corrected chi connectivity index (χ4v) is 4.49. The normalized spacial score (nSPS) is 17.0. The van der Waals surface area contributed by atoms with Crippen molar-refractivity contribution in [3.05, 3.63) is 53.7 Å². The van der Waals surface area contributed by atoms with Crippen molar-refractivity contribution in [2.24, 2.45) is 0 Å². The molecule has 7 heteroatoms. The molecule has 0 unspecified atom stereocenters. The molecule has 1 aliphatic heterocycles. The zero-order valence-electron chi connectivity index (χ0n) is 20.2. The van der Waals surface area contributed by atoms with Crippen LogP contribution in [0, 0.1) is 6.92 Å². The van der Waals surface area contributed by atoms with E-state index < -0.39 is 0 Å². The number of nitrogens with one attached hydrogen (secondary N) is 2. The molecule has 1 amide bonds. The molecule has 178 valence electrons. The van der Waals surface area contributed by atoms with Gasteiger partial charge in [0.1, 0.15) is 0 Å². The lowest BCUT2D eigenvalue weighted by Gasteiger charge is -2.35. The third-order valence-electron chi connectivity index (χ3n) is 6.48. The molecule has 1 saturated carbocycles. The molecule has 2 aliphatic rings. The summed E-state index contributed by atoms with van der Waals surface area (Å²) in [4.78, 5) is 24.3. The Morgan fingerprint density at radius 2 is 1.94 bits per heavy atom. The van der Waals surface area contributed by atoms with Gasteiger partial charge in [-0.25, -0.2) is 9.97 Å². The fraction of sp³-hybridized carbons (Fsp3) is 0.444. The molecule has 0 spiro atoms. The predicted octanol–water partition coefficient (Wildman–Crippen LogP) is 4.02. The van der Waals surface area contributed by atoms with Crippen molar-refractivity contribution in [3.8, 4) is 11.1 Å². The molecular formula is C27H33N5O2. The lowest BCUT2D eigenvalue weighted by Crippen LogP contribution is -2.48. The van der Waals surface area contributed by atoms with Gasteiger partial charge in [0.15, 0.2) is 0 Å². The zero-order valence-corrected chi connectivity index (χ0v) is 20.2. The van der Waals surface area contributed by atoms with Crippen molar-refractivity contribution < 1.29 is 9.53 Å². The summed E-state index contributed by atoms with van der Waals surface area (Å²) >= 11 is 0. The molecule has 0 radical (unpaired) electrons. The maximum atomic E-state index is 12.5. The molecule has 2 fully saturated rings. The van der Waals surface area contributed by atoms with Gasteiger partial charge in [-0.1, -0.05) is 12.1 Å². The number of carbonyl (C=O) groups excluding carboxylic acids is 1. The van der Waals surface area contributed by atoms with E-state index in [9.17, 15) is 4.79 Å². The summed E-state index contributed by atoms with van der Waals surface area (Å²) in [5, 5.41) is 7.55. The lowest BCUT2D eigenvalue weighted by atomic mass is 9.97. The second kappa shape index (κ2) is 9.31. The number of amides is 1. The topological polar surface area (TPSA) is 79.4 Å². The van der Waals surface area contributed by atoms with E-state index >= 15 is 0 Å². The molecular weight excluding hydrogens is 426 g/mol. The van der Waals surface area contributed by atoms with E-state index in [4.69, 9.17) is 9.72 Å². The minimum Gasteiger partial charge on any atom is -0.379 e. The quantitative estimate of drug-likeness (QED) is 0.556. The summed E-state index contributed by atoms with van der Waals surface area (Å²) in [6, 6.07) is 12.4. The second-order valence-corrected chi connectivity index (χ2v) is 10.1. The molecule has 1 aromatic heterocycles. The van der Waals surface area contributed by atoms with Crippen LogP contribution in [0.5, 0.6) is 0 Å². The van der Waals surface area contributed by atoms with Gasteiger partial charge in [0.05, 0.1) is 18.7 Å². The molecule has 0 atom stereocenters. The Labute approximate surface area is 200 Å². The van der Waals surface area contributed by atoms with Crippen molar-refractivity contribution in [2.45, 2.75) is 45.2 Å². The highest BCUT2D eigenvalue weighted by atomic mass is 16.5. The molecule has 1 saturated heterocycles. The number of nitrogens with zero attached hydrogens (tertiary/aromatic N) is 3. The Balaban J connectivity index is 1.34. The third-order valence-corrected chi connectivity index (χ3v) is 6.48. The minimum atomic E-state index is -0.163. The molecule has 3 aromatic rings. The molecule has 1 aliphatic carbocycles. The van der Waals surface area contributed by atoms with Gasteiger partial charge in [0.2, 0.25) is 5.95 Å². The van der Waals surface area contributed by atoms with Gasteiger partial charge in [0, 0.05) is 48.4 Å². The van der Waals surface area contributed by atoms with E-state index in [1.807, 2.05) is 30.5 Å². The molecule has 5 rings (SSSR count). The highest BCUT2D eigenvalue weighted by Crippen LogP contribution is 2.28. The Hall–Kier alpha value is -3.03. The number of benzene rings is 2. The Bertz CT molecular complexity index is 1200. The summed E-state index contributed by atoms with van der Waals surface area (Å²) in [6.45, 7) is 10.8. The Morgan fingerprint density at radius 1 is 1.15 bits per heavy atom.